The average Bonchev–Trinajstić information content (AvgIpc) is 3.13. The quantitative estimate of drug-likeness (QED) is 0.527. The number of cyclic esters (lactones) is 1. The van der Waals surface area contributed by atoms with Crippen LogP contribution in [0.25, 0.3) is 0 Å². The molecule has 3 rings (SSSR count). The maximum Gasteiger partial charge on any atom is 0.410 e. The smallest absolute Gasteiger partial charge is 0.410 e. The fourth-order valence-corrected chi connectivity index (χ4v) is 4.38. The molecule has 0 radical (unpaired) electrons. The predicted octanol–water partition coefficient (Wildman–Crippen LogP) is 2.18. The molecule has 0 N–H and O–H groups in total. The van der Waals surface area contributed by atoms with Crippen LogP contribution >= 0.6 is 11.8 Å². The van der Waals surface area contributed by atoms with Crippen molar-refractivity contribution in [1.29, 1.82) is 0 Å². The van der Waals surface area contributed by atoms with Crippen LogP contribution in [0.15, 0.2) is 23.4 Å². The van der Waals surface area contributed by atoms with Crippen LogP contribution < -0.4 is 0 Å². The molecule has 8 nitrogen and oxygen atoms in total. The maximum absolute atomic E-state index is 13.0. The highest BCUT2D eigenvalue weighted by molar-refractivity contribution is 7.99. The SMILES string of the molecule is CCCSc1ncccc1C(=O)N1CCC(N2C(=O)OC[C@H]2C(=O)OC)CC1. The lowest BCUT2D eigenvalue weighted by Crippen LogP contribution is -2.52. The lowest BCUT2D eigenvalue weighted by molar-refractivity contribution is -0.145. The first-order valence-corrected chi connectivity index (χ1v) is 10.4. The van der Waals surface area contributed by atoms with Gasteiger partial charge in [-0.1, -0.05) is 6.92 Å². The molecule has 3 heterocycles. The molecule has 0 aromatic carbocycles. The summed E-state index contributed by atoms with van der Waals surface area (Å²) in [6, 6.07) is 2.73. The molecule has 28 heavy (non-hydrogen) atoms. The van der Waals surface area contributed by atoms with Crippen LogP contribution in [-0.2, 0) is 14.3 Å². The minimum absolute atomic E-state index is 0.0122. The number of methoxy groups -OCH3 is 1. The predicted molar refractivity (Wildman–Crippen MR) is 103 cm³/mol. The number of thioether (sulfide) groups is 1. The van der Waals surface area contributed by atoms with Gasteiger partial charge in [0.25, 0.3) is 5.91 Å². The van der Waals surface area contributed by atoms with E-state index >= 15 is 0 Å². The van der Waals surface area contributed by atoms with Gasteiger partial charge in [-0.15, -0.1) is 11.8 Å². The molecule has 0 saturated carbocycles. The van der Waals surface area contributed by atoms with E-state index in [1.165, 1.54) is 12.0 Å². The first-order chi connectivity index (χ1) is 13.6. The number of hydrogen-bond donors (Lipinski definition) is 0. The molecule has 9 heteroatoms. The number of esters is 1. The van der Waals surface area contributed by atoms with Crippen molar-refractivity contribution >= 4 is 29.7 Å². The zero-order valence-electron chi connectivity index (χ0n) is 16.1. The van der Waals surface area contributed by atoms with Crippen LogP contribution in [0.1, 0.15) is 36.5 Å². The number of pyridine rings is 1. The number of likely N-dealkylation sites (tertiary alicyclic amines) is 1. The summed E-state index contributed by atoms with van der Waals surface area (Å²) in [5.41, 5.74) is 0.618. The molecule has 152 valence electrons. The summed E-state index contributed by atoms with van der Waals surface area (Å²) in [6.07, 6.45) is 3.39. The second-order valence-corrected chi connectivity index (χ2v) is 7.83. The van der Waals surface area contributed by atoms with Crippen molar-refractivity contribution in [3.05, 3.63) is 23.9 Å². The van der Waals surface area contributed by atoms with Crippen molar-refractivity contribution in [1.82, 2.24) is 14.8 Å². The highest BCUT2D eigenvalue weighted by Gasteiger charge is 2.44. The summed E-state index contributed by atoms with van der Waals surface area (Å²) in [5, 5.41) is 0.755. The first kappa shape index (κ1) is 20.4. The van der Waals surface area contributed by atoms with Gasteiger partial charge in [-0.2, -0.15) is 0 Å². The van der Waals surface area contributed by atoms with Gasteiger partial charge in [0.15, 0.2) is 6.04 Å². The second-order valence-electron chi connectivity index (χ2n) is 6.75. The summed E-state index contributed by atoms with van der Waals surface area (Å²) >= 11 is 1.59. The van der Waals surface area contributed by atoms with E-state index in [2.05, 4.69) is 11.9 Å². The van der Waals surface area contributed by atoms with Gasteiger partial charge < -0.3 is 14.4 Å². The van der Waals surface area contributed by atoms with Gasteiger partial charge in [0.05, 0.1) is 12.7 Å². The van der Waals surface area contributed by atoms with Gasteiger partial charge in [0, 0.05) is 25.3 Å². The highest BCUT2D eigenvalue weighted by Crippen LogP contribution is 2.27. The van der Waals surface area contributed by atoms with Crippen molar-refractivity contribution in [3.8, 4) is 0 Å². The van der Waals surface area contributed by atoms with Crippen LogP contribution in [0, 0.1) is 0 Å². The Morgan fingerprint density at radius 3 is 2.79 bits per heavy atom. The summed E-state index contributed by atoms with van der Waals surface area (Å²) in [7, 11) is 1.30. The van der Waals surface area contributed by atoms with E-state index in [4.69, 9.17) is 9.47 Å². The number of ether oxygens (including phenoxy) is 2. The number of carbonyl (C=O) groups excluding carboxylic acids is 3. The Labute approximate surface area is 168 Å². The zero-order chi connectivity index (χ0) is 20.1. The Morgan fingerprint density at radius 1 is 1.36 bits per heavy atom. The molecule has 2 aliphatic rings. The van der Waals surface area contributed by atoms with Crippen LogP contribution in [0.2, 0.25) is 0 Å². The van der Waals surface area contributed by atoms with Crippen LogP contribution in [0.5, 0.6) is 0 Å². The topological polar surface area (TPSA) is 89.0 Å². The van der Waals surface area contributed by atoms with Crippen molar-refractivity contribution in [2.75, 3.05) is 32.6 Å². The highest BCUT2D eigenvalue weighted by atomic mass is 32.2. The van der Waals surface area contributed by atoms with Crippen molar-refractivity contribution in [2.24, 2.45) is 0 Å². The van der Waals surface area contributed by atoms with Crippen molar-refractivity contribution in [3.63, 3.8) is 0 Å². The fourth-order valence-electron chi connectivity index (χ4n) is 3.54. The van der Waals surface area contributed by atoms with Crippen LogP contribution in [0.4, 0.5) is 4.79 Å². The van der Waals surface area contributed by atoms with E-state index in [1.54, 1.807) is 28.9 Å². The minimum Gasteiger partial charge on any atom is -0.467 e. The molecule has 0 spiro atoms. The molecule has 0 unspecified atom stereocenters. The molecule has 2 aliphatic heterocycles. The Kier molecular flexibility index (Phi) is 6.77. The molecule has 0 aliphatic carbocycles. The Hall–Kier alpha value is -2.29. The number of rotatable bonds is 6. The number of amides is 2. The van der Waals surface area contributed by atoms with Gasteiger partial charge in [-0.05, 0) is 37.1 Å². The number of carbonyl (C=O) groups is 3. The van der Waals surface area contributed by atoms with Gasteiger partial charge in [0.1, 0.15) is 11.6 Å². The molecule has 1 atom stereocenters. The standard InChI is InChI=1S/C19H25N3O5S/c1-3-11-28-16-14(5-4-8-20-16)17(23)21-9-6-13(7-10-21)22-15(18(24)26-2)12-27-19(22)25/h4-5,8,13,15H,3,6-7,9-12H2,1-2H3/t15-/m0/s1. The van der Waals surface area contributed by atoms with Gasteiger partial charge in [0.2, 0.25) is 0 Å². The summed E-state index contributed by atoms with van der Waals surface area (Å²) < 4.78 is 9.83. The van der Waals surface area contributed by atoms with E-state index in [0.717, 1.165) is 17.2 Å². The van der Waals surface area contributed by atoms with Gasteiger partial charge >= 0.3 is 12.1 Å². The maximum atomic E-state index is 13.0. The molecular formula is C19H25N3O5S. The summed E-state index contributed by atoms with van der Waals surface area (Å²) in [5.74, 6) is 0.390. The first-order valence-electron chi connectivity index (χ1n) is 9.46. The molecule has 1 aromatic rings. The summed E-state index contributed by atoms with van der Waals surface area (Å²) in [4.78, 5) is 44.6. The van der Waals surface area contributed by atoms with Crippen molar-refractivity contribution < 1.29 is 23.9 Å². The Morgan fingerprint density at radius 2 is 2.11 bits per heavy atom. The van der Waals surface area contributed by atoms with E-state index < -0.39 is 18.1 Å². The molecule has 0 bridgehead atoms. The van der Waals surface area contributed by atoms with E-state index in [0.29, 0.717) is 31.5 Å². The molecule has 2 saturated heterocycles. The number of nitrogens with zero attached hydrogens (tertiary/aromatic N) is 3. The number of hydrogen-bond acceptors (Lipinski definition) is 7. The third-order valence-corrected chi connectivity index (χ3v) is 6.19. The van der Waals surface area contributed by atoms with E-state index in [9.17, 15) is 14.4 Å². The normalized spacial score (nSPS) is 20.2. The van der Waals surface area contributed by atoms with Crippen LogP contribution in [-0.4, -0.2) is 77.4 Å². The lowest BCUT2D eigenvalue weighted by Gasteiger charge is -2.37. The fraction of sp³-hybridized carbons (Fsp3) is 0.579. The van der Waals surface area contributed by atoms with Gasteiger partial charge in [-0.25, -0.2) is 14.6 Å². The average molecular weight is 407 g/mol. The summed E-state index contributed by atoms with van der Waals surface area (Å²) in [6.45, 7) is 3.12. The third kappa shape index (κ3) is 4.24. The second kappa shape index (κ2) is 9.27. The monoisotopic (exact) mass is 407 g/mol. The van der Waals surface area contributed by atoms with E-state index in [1.807, 2.05) is 6.07 Å². The Balaban J connectivity index is 1.65. The van der Waals surface area contributed by atoms with Crippen molar-refractivity contribution in [2.45, 2.75) is 43.3 Å². The molecule has 2 fully saturated rings. The Bertz CT molecular complexity index is 736. The molecular weight excluding hydrogens is 382 g/mol. The van der Waals surface area contributed by atoms with E-state index in [-0.39, 0.29) is 18.6 Å². The lowest BCUT2D eigenvalue weighted by atomic mass is 10.0. The minimum atomic E-state index is -0.708. The number of aromatic nitrogens is 1. The zero-order valence-corrected chi connectivity index (χ0v) is 16.9. The van der Waals surface area contributed by atoms with Crippen LogP contribution in [0.3, 0.4) is 0 Å². The molecule has 2 amide bonds. The molecule has 1 aromatic heterocycles. The number of piperidine rings is 1. The van der Waals surface area contributed by atoms with Gasteiger partial charge in [-0.3, -0.25) is 9.69 Å². The third-order valence-electron chi connectivity index (χ3n) is 4.97. The largest absolute Gasteiger partial charge is 0.467 e.